The van der Waals surface area contributed by atoms with Crippen LogP contribution in [-0.2, 0) is 0 Å². The zero-order valence-corrected chi connectivity index (χ0v) is 13.6. The minimum Gasteiger partial charge on any atom is -0.368 e. The molecule has 0 saturated heterocycles. The Kier molecular flexibility index (Phi) is 4.84. The van der Waals surface area contributed by atoms with Crippen molar-refractivity contribution in [2.24, 2.45) is 0 Å². The van der Waals surface area contributed by atoms with Crippen LogP contribution in [0, 0.1) is 0 Å². The summed E-state index contributed by atoms with van der Waals surface area (Å²) < 4.78 is 0.806. The minimum atomic E-state index is 0.209. The van der Waals surface area contributed by atoms with Gasteiger partial charge in [0.25, 0.3) is 0 Å². The summed E-state index contributed by atoms with van der Waals surface area (Å²) in [4.78, 5) is 13.0. The topological polar surface area (TPSA) is 20.3 Å². The van der Waals surface area contributed by atoms with Gasteiger partial charge in [0.05, 0.1) is 6.04 Å². The maximum absolute atomic E-state index is 10.8. The largest absolute Gasteiger partial charge is 0.368 e. The van der Waals surface area contributed by atoms with Gasteiger partial charge in [-0.3, -0.25) is 4.79 Å². The highest BCUT2D eigenvalue weighted by Crippen LogP contribution is 2.29. The molecule has 104 valence electrons. The molecule has 1 unspecified atom stereocenters. The van der Waals surface area contributed by atoms with Crippen molar-refractivity contribution in [1.29, 1.82) is 0 Å². The summed E-state index contributed by atoms with van der Waals surface area (Å²) in [6.45, 7) is 2.13. The summed E-state index contributed by atoms with van der Waals surface area (Å²) in [5, 5.41) is 0.738. The first-order valence-electron chi connectivity index (χ1n) is 6.26. The number of hydrogen-bond acceptors (Lipinski definition) is 2. The molecule has 2 nitrogen and oxygen atoms in total. The minimum absolute atomic E-state index is 0.209. The van der Waals surface area contributed by atoms with E-state index in [1.807, 2.05) is 49.5 Å². The lowest BCUT2D eigenvalue weighted by atomic mass is 10.1. The van der Waals surface area contributed by atoms with E-state index in [-0.39, 0.29) is 6.04 Å². The van der Waals surface area contributed by atoms with Crippen LogP contribution in [0.3, 0.4) is 0 Å². The Balaban J connectivity index is 2.26. The number of halogens is 2. The fraction of sp³-hybridized carbons (Fsp3) is 0.188. The molecule has 0 aromatic heterocycles. The molecule has 0 amide bonds. The number of carbonyl (C=O) groups excluding carboxylic acids is 1. The summed E-state index contributed by atoms with van der Waals surface area (Å²) in [6.07, 6.45) is 0.844. The number of carbonyl (C=O) groups is 1. The second kappa shape index (κ2) is 6.42. The standard InChI is InChI=1S/C16H15BrClNO/c1-11(12-3-6-14(18)7-4-12)19(2)15-8-5-13(10-20)16(17)9-15/h3-11H,1-2H3. The Labute approximate surface area is 132 Å². The number of rotatable bonds is 4. The van der Waals surface area contributed by atoms with Gasteiger partial charge in [0.2, 0.25) is 0 Å². The van der Waals surface area contributed by atoms with E-state index in [1.54, 1.807) is 0 Å². The molecule has 0 N–H and O–H groups in total. The van der Waals surface area contributed by atoms with Gasteiger partial charge in [-0.05, 0) is 58.7 Å². The van der Waals surface area contributed by atoms with Crippen molar-refractivity contribution >= 4 is 39.5 Å². The van der Waals surface area contributed by atoms with E-state index in [0.29, 0.717) is 5.56 Å². The first-order chi connectivity index (χ1) is 9.52. The van der Waals surface area contributed by atoms with Gasteiger partial charge in [0.1, 0.15) is 0 Å². The van der Waals surface area contributed by atoms with Crippen molar-refractivity contribution in [1.82, 2.24) is 0 Å². The van der Waals surface area contributed by atoms with Crippen LogP contribution in [-0.4, -0.2) is 13.3 Å². The van der Waals surface area contributed by atoms with Gasteiger partial charge in [-0.25, -0.2) is 0 Å². The lowest BCUT2D eigenvalue weighted by Gasteiger charge is -2.28. The third-order valence-electron chi connectivity index (χ3n) is 3.45. The summed E-state index contributed by atoms with van der Waals surface area (Å²) in [5.41, 5.74) is 2.89. The van der Waals surface area contributed by atoms with E-state index < -0.39 is 0 Å². The average Bonchev–Trinajstić information content (AvgIpc) is 2.46. The fourth-order valence-corrected chi connectivity index (χ4v) is 2.61. The molecule has 4 heteroatoms. The molecule has 0 aliphatic heterocycles. The quantitative estimate of drug-likeness (QED) is 0.712. The second-order valence-electron chi connectivity index (χ2n) is 4.66. The van der Waals surface area contributed by atoms with E-state index in [0.717, 1.165) is 21.5 Å². The number of aldehydes is 1. The third kappa shape index (κ3) is 3.22. The van der Waals surface area contributed by atoms with E-state index in [9.17, 15) is 4.79 Å². The van der Waals surface area contributed by atoms with Crippen molar-refractivity contribution in [3.63, 3.8) is 0 Å². The summed E-state index contributed by atoms with van der Waals surface area (Å²) in [7, 11) is 2.03. The molecule has 2 aromatic carbocycles. The van der Waals surface area contributed by atoms with E-state index in [1.165, 1.54) is 5.56 Å². The summed E-state index contributed by atoms with van der Waals surface area (Å²) >= 11 is 9.33. The van der Waals surface area contributed by atoms with Gasteiger partial charge in [0, 0.05) is 27.8 Å². The zero-order valence-electron chi connectivity index (χ0n) is 11.3. The first-order valence-corrected chi connectivity index (χ1v) is 7.43. The van der Waals surface area contributed by atoms with Crippen LogP contribution >= 0.6 is 27.5 Å². The highest BCUT2D eigenvalue weighted by Gasteiger charge is 2.13. The maximum Gasteiger partial charge on any atom is 0.151 e. The first kappa shape index (κ1) is 15.1. The Morgan fingerprint density at radius 1 is 1.20 bits per heavy atom. The molecule has 0 spiro atoms. The monoisotopic (exact) mass is 351 g/mol. The van der Waals surface area contributed by atoms with Crippen molar-refractivity contribution in [3.05, 3.63) is 63.1 Å². The maximum atomic E-state index is 10.8. The smallest absolute Gasteiger partial charge is 0.151 e. The summed E-state index contributed by atoms with van der Waals surface area (Å²) in [5.74, 6) is 0. The van der Waals surface area contributed by atoms with Crippen molar-refractivity contribution in [2.75, 3.05) is 11.9 Å². The van der Waals surface area contributed by atoms with Crippen LogP contribution in [0.15, 0.2) is 46.9 Å². The normalized spacial score (nSPS) is 12.0. The van der Waals surface area contributed by atoms with Gasteiger partial charge >= 0.3 is 0 Å². The van der Waals surface area contributed by atoms with Gasteiger partial charge in [-0.15, -0.1) is 0 Å². The van der Waals surface area contributed by atoms with Crippen molar-refractivity contribution < 1.29 is 4.79 Å². The third-order valence-corrected chi connectivity index (χ3v) is 4.39. The number of benzene rings is 2. The molecular weight excluding hydrogens is 338 g/mol. The predicted molar refractivity (Wildman–Crippen MR) is 87.8 cm³/mol. The Bertz CT molecular complexity index is 612. The Morgan fingerprint density at radius 2 is 1.85 bits per heavy atom. The van der Waals surface area contributed by atoms with Gasteiger partial charge < -0.3 is 4.90 Å². The molecule has 0 aliphatic carbocycles. The second-order valence-corrected chi connectivity index (χ2v) is 5.95. The van der Waals surface area contributed by atoms with Crippen molar-refractivity contribution in [3.8, 4) is 0 Å². The van der Waals surface area contributed by atoms with Crippen LogP contribution in [0.1, 0.15) is 28.9 Å². The summed E-state index contributed by atoms with van der Waals surface area (Å²) in [6, 6.07) is 13.8. The van der Waals surface area contributed by atoms with E-state index >= 15 is 0 Å². The van der Waals surface area contributed by atoms with Crippen LogP contribution < -0.4 is 4.90 Å². The van der Waals surface area contributed by atoms with Gasteiger partial charge in [0.15, 0.2) is 6.29 Å². The molecule has 1 atom stereocenters. The van der Waals surface area contributed by atoms with Crippen LogP contribution in [0.5, 0.6) is 0 Å². The molecule has 2 aromatic rings. The van der Waals surface area contributed by atoms with E-state index in [2.05, 4.69) is 27.8 Å². The van der Waals surface area contributed by atoms with Gasteiger partial charge in [-0.1, -0.05) is 23.7 Å². The van der Waals surface area contributed by atoms with Crippen molar-refractivity contribution in [2.45, 2.75) is 13.0 Å². The molecule has 0 fully saturated rings. The highest BCUT2D eigenvalue weighted by atomic mass is 79.9. The van der Waals surface area contributed by atoms with Crippen LogP contribution in [0.25, 0.3) is 0 Å². The molecule has 0 radical (unpaired) electrons. The Morgan fingerprint density at radius 3 is 2.40 bits per heavy atom. The highest BCUT2D eigenvalue weighted by molar-refractivity contribution is 9.10. The molecule has 0 saturated carbocycles. The molecule has 0 aliphatic rings. The number of nitrogens with zero attached hydrogens (tertiary/aromatic N) is 1. The number of anilines is 1. The SMILES string of the molecule is CC(c1ccc(Cl)cc1)N(C)c1ccc(C=O)c(Br)c1. The molecule has 0 heterocycles. The van der Waals surface area contributed by atoms with Crippen LogP contribution in [0.4, 0.5) is 5.69 Å². The molecule has 0 bridgehead atoms. The number of hydrogen-bond donors (Lipinski definition) is 0. The lowest BCUT2D eigenvalue weighted by Crippen LogP contribution is -2.21. The van der Waals surface area contributed by atoms with Crippen LogP contribution in [0.2, 0.25) is 5.02 Å². The van der Waals surface area contributed by atoms with Gasteiger partial charge in [-0.2, -0.15) is 0 Å². The lowest BCUT2D eigenvalue weighted by molar-refractivity contribution is 0.112. The Hall–Kier alpha value is -1.32. The van der Waals surface area contributed by atoms with E-state index in [4.69, 9.17) is 11.6 Å². The molecular formula is C16H15BrClNO. The molecule has 2 rings (SSSR count). The zero-order chi connectivity index (χ0) is 14.7. The predicted octanol–water partition coefficient (Wildman–Crippen LogP) is 5.11. The molecule has 20 heavy (non-hydrogen) atoms. The average molecular weight is 353 g/mol. The fourth-order valence-electron chi connectivity index (χ4n) is 2.02.